The van der Waals surface area contributed by atoms with Crippen molar-refractivity contribution in [3.63, 3.8) is 0 Å². The molecule has 1 aromatic heterocycles. The van der Waals surface area contributed by atoms with Gasteiger partial charge in [0, 0.05) is 51.2 Å². The minimum absolute atomic E-state index is 0.287. The molecule has 0 unspecified atom stereocenters. The van der Waals surface area contributed by atoms with Gasteiger partial charge in [0.1, 0.15) is 16.5 Å². The number of aromatic nitrogens is 1. The van der Waals surface area contributed by atoms with E-state index >= 15 is 0 Å². The van der Waals surface area contributed by atoms with E-state index in [-0.39, 0.29) is 4.90 Å². The van der Waals surface area contributed by atoms with Crippen LogP contribution in [-0.4, -0.2) is 64.1 Å². The molecule has 0 aliphatic carbocycles. The standard InChI is InChI=1S/C20H26N4O3S/c1-27-18-6-4-17(5-7-18)22-12-14-23(15-13-22)20-9-8-19(16-21-20)28(25,26)24-10-2-3-11-24/h4-9,16H,2-3,10-15H2,1H3. The first-order chi connectivity index (χ1) is 13.6. The number of benzene rings is 1. The summed E-state index contributed by atoms with van der Waals surface area (Å²) >= 11 is 0. The van der Waals surface area contributed by atoms with Gasteiger partial charge >= 0.3 is 0 Å². The second-order valence-corrected chi connectivity index (χ2v) is 9.07. The quantitative estimate of drug-likeness (QED) is 0.764. The van der Waals surface area contributed by atoms with Crippen LogP contribution in [-0.2, 0) is 10.0 Å². The molecule has 0 radical (unpaired) electrons. The van der Waals surface area contributed by atoms with Gasteiger partial charge in [-0.1, -0.05) is 0 Å². The van der Waals surface area contributed by atoms with E-state index in [1.807, 2.05) is 18.2 Å². The number of methoxy groups -OCH3 is 1. The van der Waals surface area contributed by atoms with E-state index in [4.69, 9.17) is 4.74 Å². The fourth-order valence-electron chi connectivity index (χ4n) is 3.78. The highest BCUT2D eigenvalue weighted by molar-refractivity contribution is 7.89. The molecule has 1 aromatic carbocycles. The third kappa shape index (κ3) is 3.79. The first-order valence-corrected chi connectivity index (χ1v) is 11.1. The van der Waals surface area contributed by atoms with Crippen LogP contribution in [0.5, 0.6) is 5.75 Å². The normalized spacial score (nSPS) is 18.5. The number of anilines is 2. The molecular weight excluding hydrogens is 376 g/mol. The summed E-state index contributed by atoms with van der Waals surface area (Å²) in [4.78, 5) is 9.27. The number of hydrogen-bond acceptors (Lipinski definition) is 6. The second kappa shape index (κ2) is 7.97. The summed E-state index contributed by atoms with van der Waals surface area (Å²) in [5.41, 5.74) is 1.18. The average Bonchev–Trinajstić information content (AvgIpc) is 3.30. The Morgan fingerprint density at radius 1 is 0.857 bits per heavy atom. The minimum Gasteiger partial charge on any atom is -0.497 e. The van der Waals surface area contributed by atoms with E-state index in [0.29, 0.717) is 13.1 Å². The zero-order chi connectivity index (χ0) is 19.6. The maximum Gasteiger partial charge on any atom is 0.244 e. The van der Waals surface area contributed by atoms with Crippen LogP contribution in [0.15, 0.2) is 47.5 Å². The lowest BCUT2D eigenvalue weighted by Crippen LogP contribution is -2.46. The Bertz CT molecular complexity index is 886. The molecule has 150 valence electrons. The van der Waals surface area contributed by atoms with Crippen LogP contribution in [0.25, 0.3) is 0 Å². The first-order valence-electron chi connectivity index (χ1n) is 9.68. The molecule has 0 spiro atoms. The molecule has 2 fully saturated rings. The van der Waals surface area contributed by atoms with Crippen LogP contribution in [0.2, 0.25) is 0 Å². The van der Waals surface area contributed by atoms with Crippen molar-refractivity contribution in [2.75, 3.05) is 56.2 Å². The van der Waals surface area contributed by atoms with Crippen molar-refractivity contribution in [2.45, 2.75) is 17.7 Å². The number of rotatable bonds is 5. The minimum atomic E-state index is -3.40. The van der Waals surface area contributed by atoms with Crippen molar-refractivity contribution in [1.29, 1.82) is 0 Å². The molecule has 3 heterocycles. The highest BCUT2D eigenvalue weighted by Gasteiger charge is 2.27. The van der Waals surface area contributed by atoms with Crippen molar-refractivity contribution in [3.8, 4) is 5.75 Å². The molecule has 2 aliphatic heterocycles. The van der Waals surface area contributed by atoms with Crippen LogP contribution >= 0.6 is 0 Å². The van der Waals surface area contributed by atoms with Gasteiger partial charge in [-0.3, -0.25) is 0 Å². The van der Waals surface area contributed by atoms with Crippen LogP contribution in [0.1, 0.15) is 12.8 Å². The Balaban J connectivity index is 1.39. The maximum absolute atomic E-state index is 12.6. The number of sulfonamides is 1. The predicted octanol–water partition coefficient (Wildman–Crippen LogP) is 2.20. The number of ether oxygens (including phenoxy) is 1. The zero-order valence-electron chi connectivity index (χ0n) is 16.1. The molecular formula is C20H26N4O3S. The highest BCUT2D eigenvalue weighted by Crippen LogP contribution is 2.24. The van der Waals surface area contributed by atoms with Gasteiger partial charge in [-0.15, -0.1) is 0 Å². The van der Waals surface area contributed by atoms with Gasteiger partial charge < -0.3 is 14.5 Å². The molecule has 2 aliphatic rings. The summed E-state index contributed by atoms with van der Waals surface area (Å²) < 4.78 is 32.0. The van der Waals surface area contributed by atoms with Crippen molar-refractivity contribution in [3.05, 3.63) is 42.6 Å². The highest BCUT2D eigenvalue weighted by atomic mass is 32.2. The Hall–Kier alpha value is -2.32. The average molecular weight is 403 g/mol. The molecule has 2 aromatic rings. The second-order valence-electron chi connectivity index (χ2n) is 7.14. The van der Waals surface area contributed by atoms with Crippen LogP contribution in [0, 0.1) is 0 Å². The summed E-state index contributed by atoms with van der Waals surface area (Å²) in [7, 11) is -1.73. The first kappa shape index (κ1) is 19.0. The van der Waals surface area contributed by atoms with Gasteiger partial charge in [0.25, 0.3) is 0 Å². The SMILES string of the molecule is COc1ccc(N2CCN(c3ccc(S(=O)(=O)N4CCCC4)cn3)CC2)cc1. The Morgan fingerprint density at radius 3 is 2.07 bits per heavy atom. The Kier molecular flexibility index (Phi) is 5.41. The Morgan fingerprint density at radius 2 is 1.50 bits per heavy atom. The lowest BCUT2D eigenvalue weighted by atomic mass is 10.2. The van der Waals surface area contributed by atoms with Gasteiger partial charge in [-0.2, -0.15) is 4.31 Å². The van der Waals surface area contributed by atoms with Gasteiger partial charge in [-0.25, -0.2) is 13.4 Å². The van der Waals surface area contributed by atoms with Gasteiger partial charge in [0.15, 0.2) is 0 Å². The topological polar surface area (TPSA) is 66.0 Å². The molecule has 28 heavy (non-hydrogen) atoms. The zero-order valence-corrected chi connectivity index (χ0v) is 16.9. The molecule has 0 N–H and O–H groups in total. The molecule has 2 saturated heterocycles. The van der Waals surface area contributed by atoms with Gasteiger partial charge in [0.05, 0.1) is 7.11 Å². The smallest absolute Gasteiger partial charge is 0.244 e. The lowest BCUT2D eigenvalue weighted by molar-refractivity contribution is 0.415. The third-order valence-electron chi connectivity index (χ3n) is 5.46. The monoisotopic (exact) mass is 402 g/mol. The van der Waals surface area contributed by atoms with E-state index in [1.165, 1.54) is 11.9 Å². The summed E-state index contributed by atoms with van der Waals surface area (Å²) in [6, 6.07) is 11.6. The van der Waals surface area contributed by atoms with E-state index in [2.05, 4.69) is 26.9 Å². The summed E-state index contributed by atoms with van der Waals surface area (Å²) in [6.45, 7) is 4.69. The fraction of sp³-hybridized carbons (Fsp3) is 0.450. The maximum atomic E-state index is 12.6. The fourth-order valence-corrected chi connectivity index (χ4v) is 5.24. The molecule has 0 amide bonds. The number of hydrogen-bond donors (Lipinski definition) is 0. The van der Waals surface area contributed by atoms with Crippen molar-refractivity contribution in [1.82, 2.24) is 9.29 Å². The number of pyridine rings is 1. The Labute approximate surface area is 166 Å². The number of piperazine rings is 1. The van der Waals surface area contributed by atoms with Crippen LogP contribution < -0.4 is 14.5 Å². The third-order valence-corrected chi connectivity index (χ3v) is 7.35. The molecule has 0 atom stereocenters. The molecule has 7 nitrogen and oxygen atoms in total. The largest absolute Gasteiger partial charge is 0.497 e. The summed E-state index contributed by atoms with van der Waals surface area (Å²) in [6.07, 6.45) is 3.37. The van der Waals surface area contributed by atoms with E-state index in [9.17, 15) is 8.42 Å². The molecule has 0 saturated carbocycles. The van der Waals surface area contributed by atoms with Crippen molar-refractivity contribution >= 4 is 21.5 Å². The summed E-state index contributed by atoms with van der Waals surface area (Å²) in [5.74, 6) is 1.69. The van der Waals surface area contributed by atoms with E-state index < -0.39 is 10.0 Å². The number of nitrogens with zero attached hydrogens (tertiary/aromatic N) is 4. The molecule has 8 heteroatoms. The summed E-state index contributed by atoms with van der Waals surface area (Å²) in [5, 5.41) is 0. The lowest BCUT2D eigenvalue weighted by Gasteiger charge is -2.36. The van der Waals surface area contributed by atoms with Crippen molar-refractivity contribution in [2.24, 2.45) is 0 Å². The molecule has 4 rings (SSSR count). The van der Waals surface area contributed by atoms with Gasteiger partial charge in [-0.05, 0) is 49.2 Å². The van der Waals surface area contributed by atoms with Crippen LogP contribution in [0.3, 0.4) is 0 Å². The van der Waals surface area contributed by atoms with E-state index in [0.717, 1.165) is 50.6 Å². The predicted molar refractivity (Wildman–Crippen MR) is 110 cm³/mol. The van der Waals surface area contributed by atoms with Crippen LogP contribution in [0.4, 0.5) is 11.5 Å². The van der Waals surface area contributed by atoms with E-state index in [1.54, 1.807) is 17.5 Å². The van der Waals surface area contributed by atoms with Crippen molar-refractivity contribution < 1.29 is 13.2 Å². The van der Waals surface area contributed by atoms with Gasteiger partial charge in [0.2, 0.25) is 10.0 Å². The molecule has 0 bridgehead atoms.